The number of halogens is 1. The molecule has 4 nitrogen and oxygen atoms in total. The summed E-state index contributed by atoms with van der Waals surface area (Å²) in [6, 6.07) is 14.1. The van der Waals surface area contributed by atoms with Crippen LogP contribution in [0.2, 0.25) is 0 Å². The molecule has 1 aliphatic rings. The van der Waals surface area contributed by atoms with Crippen LogP contribution >= 0.6 is 0 Å². The average Bonchev–Trinajstić information content (AvgIpc) is 2.85. The Bertz CT molecular complexity index is 746. The van der Waals surface area contributed by atoms with Gasteiger partial charge in [-0.25, -0.2) is 4.39 Å². The highest BCUT2D eigenvalue weighted by molar-refractivity contribution is 5.76. The van der Waals surface area contributed by atoms with E-state index >= 15 is 0 Å². The van der Waals surface area contributed by atoms with Crippen LogP contribution in [-0.2, 0) is 17.8 Å². The predicted octanol–water partition coefficient (Wildman–Crippen LogP) is 3.59. The molecule has 0 saturated carbocycles. The van der Waals surface area contributed by atoms with Crippen LogP contribution in [0.25, 0.3) is 0 Å². The average molecular weight is 370 g/mol. The van der Waals surface area contributed by atoms with Crippen molar-refractivity contribution in [2.75, 3.05) is 19.6 Å². The molecule has 3 rings (SSSR count). The van der Waals surface area contributed by atoms with Gasteiger partial charge in [-0.2, -0.15) is 0 Å². The second-order valence-electron chi connectivity index (χ2n) is 7.28. The lowest BCUT2D eigenvalue weighted by Gasteiger charge is -2.27. The molecule has 1 fully saturated rings. The van der Waals surface area contributed by atoms with E-state index in [0.29, 0.717) is 31.3 Å². The van der Waals surface area contributed by atoms with E-state index < -0.39 is 0 Å². The number of phenols is 1. The molecule has 2 aromatic rings. The molecule has 0 bridgehead atoms. The summed E-state index contributed by atoms with van der Waals surface area (Å²) in [7, 11) is 0. The zero-order valence-corrected chi connectivity index (χ0v) is 15.8. The summed E-state index contributed by atoms with van der Waals surface area (Å²) >= 11 is 0. The van der Waals surface area contributed by atoms with Crippen molar-refractivity contribution < 1.29 is 14.3 Å². The van der Waals surface area contributed by atoms with Gasteiger partial charge in [0, 0.05) is 38.6 Å². The maximum absolute atomic E-state index is 13.1. The molecule has 0 aliphatic carbocycles. The number of aryl methyl sites for hydroxylation is 1. The van der Waals surface area contributed by atoms with Gasteiger partial charge in [0.1, 0.15) is 11.6 Å². The van der Waals surface area contributed by atoms with Crippen LogP contribution in [-0.4, -0.2) is 46.5 Å². The fourth-order valence-electron chi connectivity index (χ4n) is 3.52. The first-order valence-electron chi connectivity index (χ1n) is 9.55. The van der Waals surface area contributed by atoms with Crippen LogP contribution in [0.4, 0.5) is 4.39 Å². The van der Waals surface area contributed by atoms with Gasteiger partial charge in [-0.05, 0) is 55.2 Å². The van der Waals surface area contributed by atoms with Crippen LogP contribution in [0.3, 0.4) is 0 Å². The lowest BCUT2D eigenvalue weighted by Crippen LogP contribution is -2.37. The molecule has 1 unspecified atom stereocenters. The highest BCUT2D eigenvalue weighted by Crippen LogP contribution is 2.17. The Kier molecular flexibility index (Phi) is 6.45. The molecule has 1 heterocycles. The fourth-order valence-corrected chi connectivity index (χ4v) is 3.52. The zero-order chi connectivity index (χ0) is 19.2. The van der Waals surface area contributed by atoms with E-state index in [1.165, 1.54) is 17.7 Å². The lowest BCUT2D eigenvalue weighted by atomic mass is 10.0. The fraction of sp³-hybridized carbons (Fsp3) is 0.409. The predicted molar refractivity (Wildman–Crippen MR) is 104 cm³/mol. The van der Waals surface area contributed by atoms with Crippen molar-refractivity contribution in [1.29, 1.82) is 0 Å². The summed E-state index contributed by atoms with van der Waals surface area (Å²) in [6.07, 6.45) is 2.48. The van der Waals surface area contributed by atoms with Gasteiger partial charge >= 0.3 is 0 Å². The standard InChI is InChI=1S/C22H27FN2O2/c1-17(2-3-18-6-10-21(26)11-7-18)24-13-12-22(27)25(15-14-24)16-19-4-8-20(23)9-5-19/h4-11,17,26H,2-3,12-16H2,1H3. The highest BCUT2D eigenvalue weighted by Gasteiger charge is 2.23. The lowest BCUT2D eigenvalue weighted by molar-refractivity contribution is -0.130. The summed E-state index contributed by atoms with van der Waals surface area (Å²) in [4.78, 5) is 16.7. The van der Waals surface area contributed by atoms with Crippen molar-refractivity contribution in [1.82, 2.24) is 9.80 Å². The van der Waals surface area contributed by atoms with Crippen molar-refractivity contribution in [3.05, 3.63) is 65.5 Å². The molecular formula is C22H27FN2O2. The molecule has 1 aliphatic heterocycles. The molecule has 144 valence electrons. The highest BCUT2D eigenvalue weighted by atomic mass is 19.1. The van der Waals surface area contributed by atoms with E-state index in [9.17, 15) is 14.3 Å². The number of nitrogens with zero attached hydrogens (tertiary/aromatic N) is 2. The molecule has 1 N–H and O–H groups in total. The minimum atomic E-state index is -0.255. The third-order valence-electron chi connectivity index (χ3n) is 5.32. The van der Waals surface area contributed by atoms with Crippen LogP contribution in [0.1, 0.15) is 30.9 Å². The Morgan fingerprint density at radius 3 is 2.37 bits per heavy atom. The van der Waals surface area contributed by atoms with Crippen LogP contribution in [0.5, 0.6) is 5.75 Å². The van der Waals surface area contributed by atoms with E-state index in [1.54, 1.807) is 24.3 Å². The van der Waals surface area contributed by atoms with Gasteiger partial charge < -0.3 is 10.0 Å². The first-order chi connectivity index (χ1) is 13.0. The normalized spacial score (nSPS) is 17.0. The first kappa shape index (κ1) is 19.4. The van der Waals surface area contributed by atoms with E-state index in [1.807, 2.05) is 17.0 Å². The Balaban J connectivity index is 1.52. The van der Waals surface area contributed by atoms with Crippen molar-refractivity contribution in [3.8, 4) is 5.75 Å². The third-order valence-corrected chi connectivity index (χ3v) is 5.32. The second kappa shape index (κ2) is 9.00. The number of hydrogen-bond acceptors (Lipinski definition) is 3. The van der Waals surface area contributed by atoms with Gasteiger partial charge in [0.05, 0.1) is 0 Å². The van der Waals surface area contributed by atoms with E-state index in [2.05, 4.69) is 11.8 Å². The maximum atomic E-state index is 13.1. The largest absolute Gasteiger partial charge is 0.508 e. The van der Waals surface area contributed by atoms with Crippen molar-refractivity contribution in [2.24, 2.45) is 0 Å². The summed E-state index contributed by atoms with van der Waals surface area (Å²) < 4.78 is 13.1. The molecule has 27 heavy (non-hydrogen) atoms. The third kappa shape index (κ3) is 5.54. The van der Waals surface area contributed by atoms with E-state index in [-0.39, 0.29) is 11.7 Å². The molecule has 5 heteroatoms. The van der Waals surface area contributed by atoms with Crippen LogP contribution in [0, 0.1) is 5.82 Å². The SMILES string of the molecule is CC(CCc1ccc(O)cc1)N1CCC(=O)N(Cc2ccc(F)cc2)CC1. The number of amides is 1. The minimum absolute atomic E-state index is 0.160. The molecule has 2 aromatic carbocycles. The maximum Gasteiger partial charge on any atom is 0.224 e. The monoisotopic (exact) mass is 370 g/mol. The Hall–Kier alpha value is -2.40. The van der Waals surface area contributed by atoms with Crippen molar-refractivity contribution in [3.63, 3.8) is 0 Å². The quantitative estimate of drug-likeness (QED) is 0.845. The van der Waals surface area contributed by atoms with E-state index in [0.717, 1.165) is 31.5 Å². The second-order valence-corrected chi connectivity index (χ2v) is 7.28. The van der Waals surface area contributed by atoms with Gasteiger partial charge in [0.25, 0.3) is 0 Å². The summed E-state index contributed by atoms with van der Waals surface area (Å²) in [5, 5.41) is 9.37. The van der Waals surface area contributed by atoms with Crippen molar-refractivity contribution in [2.45, 2.75) is 38.8 Å². The molecular weight excluding hydrogens is 343 g/mol. The van der Waals surface area contributed by atoms with Gasteiger partial charge in [0.15, 0.2) is 0 Å². The molecule has 1 saturated heterocycles. The van der Waals surface area contributed by atoms with Crippen molar-refractivity contribution >= 4 is 5.91 Å². The number of benzene rings is 2. The van der Waals surface area contributed by atoms with Gasteiger partial charge in [-0.3, -0.25) is 9.69 Å². The van der Waals surface area contributed by atoms with Crippen LogP contribution in [0.15, 0.2) is 48.5 Å². The molecule has 1 amide bonds. The number of carbonyl (C=O) groups excluding carboxylic acids is 1. The minimum Gasteiger partial charge on any atom is -0.508 e. The van der Waals surface area contributed by atoms with Gasteiger partial charge in [0.2, 0.25) is 5.91 Å². The number of rotatable bonds is 6. The number of aromatic hydroxyl groups is 1. The van der Waals surface area contributed by atoms with E-state index in [4.69, 9.17) is 0 Å². The Labute approximate surface area is 160 Å². The van der Waals surface area contributed by atoms with Crippen LogP contribution < -0.4 is 0 Å². The Morgan fingerprint density at radius 1 is 1.00 bits per heavy atom. The number of phenolic OH excluding ortho intramolecular Hbond substituents is 1. The number of carbonyl (C=O) groups is 1. The molecule has 0 spiro atoms. The Morgan fingerprint density at radius 2 is 1.67 bits per heavy atom. The summed E-state index contributed by atoms with van der Waals surface area (Å²) in [5.41, 5.74) is 2.17. The summed E-state index contributed by atoms with van der Waals surface area (Å²) in [6.45, 7) is 5.06. The molecule has 0 radical (unpaired) electrons. The van der Waals surface area contributed by atoms with Gasteiger partial charge in [-0.1, -0.05) is 24.3 Å². The topological polar surface area (TPSA) is 43.8 Å². The summed E-state index contributed by atoms with van der Waals surface area (Å²) in [5.74, 6) is 0.196. The number of hydrogen-bond donors (Lipinski definition) is 1. The zero-order valence-electron chi connectivity index (χ0n) is 15.8. The molecule has 1 atom stereocenters. The molecule has 0 aromatic heterocycles. The van der Waals surface area contributed by atoms with Gasteiger partial charge in [-0.15, -0.1) is 0 Å². The smallest absolute Gasteiger partial charge is 0.224 e. The first-order valence-corrected chi connectivity index (χ1v) is 9.55.